The molecule has 2 rings (SSSR count). The van der Waals surface area contributed by atoms with Crippen LogP contribution in [0.2, 0.25) is 0 Å². The minimum absolute atomic E-state index is 0.434. The van der Waals surface area contributed by atoms with Gasteiger partial charge >= 0.3 is 0 Å². The Kier molecular flexibility index (Phi) is 2.94. The number of nitrogen functional groups attached to an aromatic ring is 1. The second-order valence-corrected chi connectivity index (χ2v) is 4.13. The number of nitriles is 1. The van der Waals surface area contributed by atoms with Crippen LogP contribution in [0, 0.1) is 25.2 Å². The highest BCUT2D eigenvalue weighted by molar-refractivity contribution is 5.51. The molecule has 0 unspecified atom stereocenters. The summed E-state index contributed by atoms with van der Waals surface area (Å²) in [6.07, 6.45) is 0. The molecule has 0 spiro atoms. The zero-order valence-electron chi connectivity index (χ0n) is 10.6. The molecule has 5 nitrogen and oxygen atoms in total. The van der Waals surface area contributed by atoms with E-state index in [4.69, 9.17) is 15.7 Å². The number of benzene rings is 1. The molecule has 0 bridgehead atoms. The molecular weight excluding hydrogens is 228 g/mol. The van der Waals surface area contributed by atoms with Gasteiger partial charge in [0.1, 0.15) is 17.4 Å². The standard InChI is InChI=1S/C13H14N4O/c1-8-4-5-10(15)6-12(8)18-13-11(7-14)9(2)16-17(13)3/h4-6H,15H2,1-3H3. The Balaban J connectivity index is 2.46. The summed E-state index contributed by atoms with van der Waals surface area (Å²) in [5, 5.41) is 13.3. The number of ether oxygens (including phenoxy) is 1. The number of anilines is 1. The Morgan fingerprint density at radius 2 is 2.11 bits per heavy atom. The topological polar surface area (TPSA) is 76.9 Å². The molecule has 0 aliphatic carbocycles. The highest BCUT2D eigenvalue weighted by atomic mass is 16.5. The van der Waals surface area contributed by atoms with Crippen LogP contribution in [-0.2, 0) is 7.05 Å². The third-order valence-corrected chi connectivity index (χ3v) is 2.70. The van der Waals surface area contributed by atoms with Crippen molar-refractivity contribution in [3.05, 3.63) is 35.0 Å². The van der Waals surface area contributed by atoms with Gasteiger partial charge in [-0.3, -0.25) is 0 Å². The molecule has 0 saturated heterocycles. The fourth-order valence-corrected chi connectivity index (χ4v) is 1.71. The zero-order valence-corrected chi connectivity index (χ0v) is 10.6. The first kappa shape index (κ1) is 12.0. The van der Waals surface area contributed by atoms with Crippen molar-refractivity contribution in [2.75, 3.05) is 5.73 Å². The van der Waals surface area contributed by atoms with E-state index in [9.17, 15) is 0 Å². The molecule has 0 radical (unpaired) electrons. The van der Waals surface area contributed by atoms with E-state index in [1.165, 1.54) is 0 Å². The Morgan fingerprint density at radius 3 is 2.78 bits per heavy atom. The summed E-state index contributed by atoms with van der Waals surface area (Å²) in [4.78, 5) is 0. The summed E-state index contributed by atoms with van der Waals surface area (Å²) in [6.45, 7) is 3.70. The monoisotopic (exact) mass is 242 g/mol. The van der Waals surface area contributed by atoms with E-state index in [0.29, 0.717) is 28.6 Å². The molecule has 1 aromatic carbocycles. The van der Waals surface area contributed by atoms with Crippen molar-refractivity contribution < 1.29 is 4.74 Å². The van der Waals surface area contributed by atoms with Gasteiger partial charge in [-0.15, -0.1) is 0 Å². The molecule has 0 aliphatic rings. The number of nitrogens with zero attached hydrogens (tertiary/aromatic N) is 3. The SMILES string of the molecule is Cc1ccc(N)cc1Oc1c(C#N)c(C)nn1C. The summed E-state index contributed by atoms with van der Waals surface area (Å²) in [5.74, 6) is 1.07. The molecule has 0 aliphatic heterocycles. The lowest BCUT2D eigenvalue weighted by Gasteiger charge is -2.09. The number of aromatic nitrogens is 2. The van der Waals surface area contributed by atoms with Gasteiger partial charge in [0.2, 0.25) is 5.88 Å². The van der Waals surface area contributed by atoms with E-state index in [0.717, 1.165) is 5.56 Å². The highest BCUT2D eigenvalue weighted by Gasteiger charge is 2.15. The quantitative estimate of drug-likeness (QED) is 0.819. The molecule has 0 atom stereocenters. The molecule has 0 saturated carbocycles. The van der Waals surface area contributed by atoms with Crippen LogP contribution in [0.1, 0.15) is 16.8 Å². The number of hydrogen-bond acceptors (Lipinski definition) is 4. The van der Waals surface area contributed by atoms with Gasteiger partial charge in [-0.05, 0) is 25.5 Å². The predicted molar refractivity (Wildman–Crippen MR) is 68.3 cm³/mol. The molecule has 2 N–H and O–H groups in total. The summed E-state index contributed by atoms with van der Waals surface area (Å²) in [7, 11) is 1.74. The van der Waals surface area contributed by atoms with Gasteiger partial charge in [-0.1, -0.05) is 6.07 Å². The lowest BCUT2D eigenvalue weighted by molar-refractivity contribution is 0.427. The van der Waals surface area contributed by atoms with Gasteiger partial charge in [-0.25, -0.2) is 4.68 Å². The Labute approximate surface area is 105 Å². The maximum atomic E-state index is 9.11. The number of aryl methyl sites for hydroxylation is 3. The third kappa shape index (κ3) is 2.00. The van der Waals surface area contributed by atoms with Crippen LogP contribution in [0.15, 0.2) is 18.2 Å². The summed E-state index contributed by atoms with van der Waals surface area (Å²) in [5.41, 5.74) is 8.39. The van der Waals surface area contributed by atoms with Crippen LogP contribution in [0.4, 0.5) is 5.69 Å². The normalized spacial score (nSPS) is 10.1. The van der Waals surface area contributed by atoms with E-state index in [1.807, 2.05) is 19.1 Å². The Hall–Kier alpha value is -2.48. The summed E-state index contributed by atoms with van der Waals surface area (Å²) >= 11 is 0. The largest absolute Gasteiger partial charge is 0.438 e. The summed E-state index contributed by atoms with van der Waals surface area (Å²) in [6, 6.07) is 7.52. The van der Waals surface area contributed by atoms with Crippen LogP contribution in [0.5, 0.6) is 11.6 Å². The van der Waals surface area contributed by atoms with Crippen molar-refractivity contribution in [1.29, 1.82) is 5.26 Å². The molecule has 5 heteroatoms. The average molecular weight is 242 g/mol. The zero-order chi connectivity index (χ0) is 13.3. The maximum absolute atomic E-state index is 9.11. The van der Waals surface area contributed by atoms with Crippen molar-refractivity contribution in [3.8, 4) is 17.7 Å². The second kappa shape index (κ2) is 4.41. The molecule has 92 valence electrons. The van der Waals surface area contributed by atoms with Crippen LogP contribution >= 0.6 is 0 Å². The van der Waals surface area contributed by atoms with Crippen LogP contribution in [-0.4, -0.2) is 9.78 Å². The van der Waals surface area contributed by atoms with Crippen molar-refractivity contribution in [3.63, 3.8) is 0 Å². The molecule has 1 heterocycles. The Morgan fingerprint density at radius 1 is 1.39 bits per heavy atom. The average Bonchev–Trinajstić information content (AvgIpc) is 2.58. The predicted octanol–water partition coefficient (Wildman–Crippen LogP) is 2.28. The minimum Gasteiger partial charge on any atom is -0.438 e. The molecule has 0 amide bonds. The smallest absolute Gasteiger partial charge is 0.235 e. The van der Waals surface area contributed by atoms with E-state index in [-0.39, 0.29) is 0 Å². The van der Waals surface area contributed by atoms with Crippen LogP contribution in [0.25, 0.3) is 0 Å². The van der Waals surface area contributed by atoms with Gasteiger partial charge in [0.15, 0.2) is 0 Å². The molecule has 2 aromatic rings. The molecule has 1 aromatic heterocycles. The number of rotatable bonds is 2. The fraction of sp³-hybridized carbons (Fsp3) is 0.231. The lowest BCUT2D eigenvalue weighted by atomic mass is 10.2. The van der Waals surface area contributed by atoms with E-state index in [2.05, 4.69) is 11.2 Å². The van der Waals surface area contributed by atoms with Crippen molar-refractivity contribution >= 4 is 5.69 Å². The first-order chi connectivity index (χ1) is 8.52. The first-order valence-corrected chi connectivity index (χ1v) is 5.50. The van der Waals surface area contributed by atoms with E-state index < -0.39 is 0 Å². The first-order valence-electron chi connectivity index (χ1n) is 5.50. The van der Waals surface area contributed by atoms with Crippen molar-refractivity contribution in [2.24, 2.45) is 7.05 Å². The van der Waals surface area contributed by atoms with Crippen molar-refractivity contribution in [1.82, 2.24) is 9.78 Å². The van der Waals surface area contributed by atoms with Gasteiger partial charge < -0.3 is 10.5 Å². The molecular formula is C13H14N4O. The number of nitrogens with two attached hydrogens (primary N) is 1. The molecule has 18 heavy (non-hydrogen) atoms. The minimum atomic E-state index is 0.434. The van der Waals surface area contributed by atoms with Gasteiger partial charge in [0.25, 0.3) is 0 Å². The molecule has 0 fully saturated rings. The van der Waals surface area contributed by atoms with E-state index >= 15 is 0 Å². The van der Waals surface area contributed by atoms with Crippen LogP contribution in [0.3, 0.4) is 0 Å². The summed E-state index contributed by atoms with van der Waals surface area (Å²) < 4.78 is 7.31. The highest BCUT2D eigenvalue weighted by Crippen LogP contribution is 2.30. The lowest BCUT2D eigenvalue weighted by Crippen LogP contribution is -1.98. The van der Waals surface area contributed by atoms with Gasteiger partial charge in [0.05, 0.1) is 5.69 Å². The maximum Gasteiger partial charge on any atom is 0.235 e. The Bertz CT molecular complexity index is 637. The van der Waals surface area contributed by atoms with Crippen molar-refractivity contribution in [2.45, 2.75) is 13.8 Å². The fourth-order valence-electron chi connectivity index (χ4n) is 1.71. The second-order valence-electron chi connectivity index (χ2n) is 4.13. The van der Waals surface area contributed by atoms with Gasteiger partial charge in [0, 0.05) is 18.8 Å². The van der Waals surface area contributed by atoms with E-state index in [1.54, 1.807) is 24.7 Å². The number of hydrogen-bond donors (Lipinski definition) is 1. The third-order valence-electron chi connectivity index (χ3n) is 2.70. The van der Waals surface area contributed by atoms with Gasteiger partial charge in [-0.2, -0.15) is 10.4 Å². The van der Waals surface area contributed by atoms with Crippen LogP contribution < -0.4 is 10.5 Å².